The molecule has 0 saturated carbocycles. The first-order valence-corrected chi connectivity index (χ1v) is 11.9. The molecule has 2 heterocycles. The van der Waals surface area contributed by atoms with E-state index >= 15 is 0 Å². The molecule has 0 spiro atoms. The molecule has 2 amide bonds. The van der Waals surface area contributed by atoms with E-state index in [1.807, 2.05) is 46.4 Å². The summed E-state index contributed by atoms with van der Waals surface area (Å²) < 4.78 is 5.81. The average Bonchev–Trinajstić information content (AvgIpc) is 3.24. The molecule has 3 aromatic rings. The zero-order chi connectivity index (χ0) is 23.2. The van der Waals surface area contributed by atoms with E-state index in [-0.39, 0.29) is 18.4 Å². The summed E-state index contributed by atoms with van der Waals surface area (Å²) in [5.74, 6) is 0.481. The Morgan fingerprint density at radius 2 is 1.91 bits per heavy atom. The number of para-hydroxylation sites is 1. The Kier molecular flexibility index (Phi) is 7.59. The summed E-state index contributed by atoms with van der Waals surface area (Å²) in [6, 6.07) is 14.4. The number of thiazole rings is 1. The van der Waals surface area contributed by atoms with Crippen molar-refractivity contribution in [1.29, 1.82) is 0 Å². The van der Waals surface area contributed by atoms with Crippen LogP contribution in [-0.4, -0.2) is 59.3 Å². The highest BCUT2D eigenvalue weighted by atomic mass is 35.5. The quantitative estimate of drug-likeness (QED) is 0.547. The predicted molar refractivity (Wildman–Crippen MR) is 130 cm³/mol. The van der Waals surface area contributed by atoms with Crippen LogP contribution in [0.25, 0.3) is 0 Å². The van der Waals surface area contributed by atoms with E-state index in [4.69, 9.17) is 16.3 Å². The van der Waals surface area contributed by atoms with E-state index in [9.17, 15) is 9.59 Å². The number of carbonyl (C=O) groups is 2. The maximum absolute atomic E-state index is 13.0. The molecule has 0 atom stereocenters. The number of nitrogens with one attached hydrogen (secondary N) is 1. The van der Waals surface area contributed by atoms with Gasteiger partial charge >= 0.3 is 0 Å². The van der Waals surface area contributed by atoms with E-state index in [1.165, 1.54) is 0 Å². The standard InChI is InChI=1S/C24H25ClN4O3S/c1-17-26-19(16-33-17)15-32-20-6-4-5-18(13-20)24(31)29-11-9-28(10-12-29)14-23(30)27-22-8-3-2-7-21(22)25/h2-8,13,16H,9-12,14-15H2,1H3,(H,27,30). The van der Waals surface area contributed by atoms with Gasteiger partial charge in [0.15, 0.2) is 0 Å². The van der Waals surface area contributed by atoms with E-state index in [1.54, 1.807) is 35.6 Å². The van der Waals surface area contributed by atoms with Gasteiger partial charge in [-0.25, -0.2) is 4.98 Å². The molecule has 4 rings (SSSR count). The summed E-state index contributed by atoms with van der Waals surface area (Å²) in [5, 5.41) is 6.32. The Bertz CT molecular complexity index is 1130. The van der Waals surface area contributed by atoms with Crippen LogP contribution in [0.3, 0.4) is 0 Å². The molecular weight excluding hydrogens is 460 g/mol. The SMILES string of the molecule is Cc1nc(COc2cccc(C(=O)N3CCN(CC(=O)Nc4ccccc4Cl)CC3)c2)cs1. The molecule has 172 valence electrons. The minimum absolute atomic E-state index is 0.0369. The zero-order valence-electron chi connectivity index (χ0n) is 18.3. The van der Waals surface area contributed by atoms with Gasteiger partial charge in [-0.05, 0) is 37.3 Å². The van der Waals surface area contributed by atoms with Crippen LogP contribution in [0.4, 0.5) is 5.69 Å². The molecule has 0 bridgehead atoms. The van der Waals surface area contributed by atoms with Gasteiger partial charge in [-0.3, -0.25) is 14.5 Å². The first-order chi connectivity index (χ1) is 16.0. The number of carbonyl (C=O) groups excluding carboxylic acids is 2. The van der Waals surface area contributed by atoms with Crippen molar-refractivity contribution in [2.75, 3.05) is 38.0 Å². The lowest BCUT2D eigenvalue weighted by Crippen LogP contribution is -2.50. The molecule has 2 aromatic carbocycles. The number of aromatic nitrogens is 1. The number of halogens is 1. The van der Waals surface area contributed by atoms with Crippen LogP contribution in [0.5, 0.6) is 5.75 Å². The zero-order valence-corrected chi connectivity index (χ0v) is 19.9. The van der Waals surface area contributed by atoms with Crippen LogP contribution in [0.2, 0.25) is 5.02 Å². The largest absolute Gasteiger partial charge is 0.487 e. The van der Waals surface area contributed by atoms with Crippen LogP contribution in [0.15, 0.2) is 53.9 Å². The number of ether oxygens (including phenoxy) is 1. The second-order valence-electron chi connectivity index (χ2n) is 7.77. The summed E-state index contributed by atoms with van der Waals surface area (Å²) in [7, 11) is 0. The molecule has 0 radical (unpaired) electrons. The molecule has 1 aliphatic heterocycles. The fourth-order valence-corrected chi connectivity index (χ4v) is 4.38. The number of benzene rings is 2. The fourth-order valence-electron chi connectivity index (χ4n) is 3.60. The third kappa shape index (κ3) is 6.31. The first-order valence-electron chi connectivity index (χ1n) is 10.7. The van der Waals surface area contributed by atoms with Crippen molar-refractivity contribution < 1.29 is 14.3 Å². The molecule has 0 unspecified atom stereocenters. The number of amides is 2. The van der Waals surface area contributed by atoms with Gasteiger partial charge in [0.25, 0.3) is 5.91 Å². The Balaban J connectivity index is 1.26. The number of piperazine rings is 1. The maximum atomic E-state index is 13.0. The molecule has 7 nitrogen and oxygen atoms in total. The molecule has 1 fully saturated rings. The average molecular weight is 485 g/mol. The summed E-state index contributed by atoms with van der Waals surface area (Å²) in [6.45, 7) is 4.95. The number of hydrogen-bond donors (Lipinski definition) is 1. The van der Waals surface area contributed by atoms with Crippen LogP contribution in [-0.2, 0) is 11.4 Å². The van der Waals surface area contributed by atoms with Gasteiger partial charge in [-0.15, -0.1) is 11.3 Å². The Hall–Kier alpha value is -2.94. The lowest BCUT2D eigenvalue weighted by molar-refractivity contribution is -0.117. The molecule has 9 heteroatoms. The van der Waals surface area contributed by atoms with Crippen LogP contribution < -0.4 is 10.1 Å². The van der Waals surface area contributed by atoms with Crippen molar-refractivity contribution >= 4 is 40.4 Å². The molecule has 1 N–H and O–H groups in total. The smallest absolute Gasteiger partial charge is 0.254 e. The molecule has 1 aliphatic rings. The topological polar surface area (TPSA) is 74.8 Å². The predicted octanol–water partition coefficient (Wildman–Crippen LogP) is 4.08. The summed E-state index contributed by atoms with van der Waals surface area (Å²) >= 11 is 7.69. The highest BCUT2D eigenvalue weighted by Crippen LogP contribution is 2.21. The van der Waals surface area contributed by atoms with Gasteiger partial charge in [0, 0.05) is 37.1 Å². The second-order valence-corrected chi connectivity index (χ2v) is 9.24. The minimum atomic E-state index is -0.122. The van der Waals surface area contributed by atoms with Gasteiger partial charge in [0.05, 0.1) is 28.0 Å². The van der Waals surface area contributed by atoms with E-state index in [2.05, 4.69) is 10.3 Å². The molecule has 1 saturated heterocycles. The van der Waals surface area contributed by atoms with E-state index < -0.39 is 0 Å². The maximum Gasteiger partial charge on any atom is 0.254 e. The van der Waals surface area contributed by atoms with Gasteiger partial charge in [0.1, 0.15) is 12.4 Å². The lowest BCUT2D eigenvalue weighted by atomic mass is 10.1. The number of rotatable bonds is 7. The summed E-state index contributed by atoms with van der Waals surface area (Å²) in [5.41, 5.74) is 2.07. The van der Waals surface area contributed by atoms with Gasteiger partial charge in [0.2, 0.25) is 5.91 Å². The van der Waals surface area contributed by atoms with Crippen molar-refractivity contribution in [2.45, 2.75) is 13.5 Å². The van der Waals surface area contributed by atoms with Gasteiger partial charge in [-0.2, -0.15) is 0 Å². The van der Waals surface area contributed by atoms with Crippen LogP contribution in [0.1, 0.15) is 21.1 Å². The third-order valence-corrected chi connectivity index (χ3v) is 6.46. The normalized spacial score (nSPS) is 14.2. The van der Waals surface area contributed by atoms with Crippen molar-refractivity contribution in [3.63, 3.8) is 0 Å². The van der Waals surface area contributed by atoms with Crippen LogP contribution in [0, 0.1) is 6.92 Å². The summed E-state index contributed by atoms with van der Waals surface area (Å²) in [6.07, 6.45) is 0. The number of anilines is 1. The highest BCUT2D eigenvalue weighted by molar-refractivity contribution is 7.09. The Labute approximate surface area is 201 Å². The van der Waals surface area contributed by atoms with Crippen molar-refractivity contribution in [3.8, 4) is 5.75 Å². The third-order valence-electron chi connectivity index (χ3n) is 5.31. The number of aryl methyl sites for hydroxylation is 1. The van der Waals surface area contributed by atoms with Crippen LogP contribution >= 0.6 is 22.9 Å². The second kappa shape index (κ2) is 10.8. The van der Waals surface area contributed by atoms with E-state index in [0.717, 1.165) is 10.7 Å². The minimum Gasteiger partial charge on any atom is -0.487 e. The molecule has 1 aromatic heterocycles. The lowest BCUT2D eigenvalue weighted by Gasteiger charge is -2.34. The number of hydrogen-bond acceptors (Lipinski definition) is 6. The number of nitrogens with zero attached hydrogens (tertiary/aromatic N) is 3. The van der Waals surface area contributed by atoms with Crippen molar-refractivity contribution in [3.05, 3.63) is 75.2 Å². The highest BCUT2D eigenvalue weighted by Gasteiger charge is 2.23. The first kappa shape index (κ1) is 23.2. The van der Waals surface area contributed by atoms with Gasteiger partial charge in [-0.1, -0.05) is 29.8 Å². The summed E-state index contributed by atoms with van der Waals surface area (Å²) in [4.78, 5) is 33.6. The molecular formula is C24H25ClN4O3S. The van der Waals surface area contributed by atoms with Crippen molar-refractivity contribution in [2.24, 2.45) is 0 Å². The van der Waals surface area contributed by atoms with Gasteiger partial charge < -0.3 is 15.0 Å². The molecule has 33 heavy (non-hydrogen) atoms. The van der Waals surface area contributed by atoms with Crippen molar-refractivity contribution in [1.82, 2.24) is 14.8 Å². The van der Waals surface area contributed by atoms with E-state index in [0.29, 0.717) is 54.8 Å². The Morgan fingerprint density at radius 1 is 1.12 bits per heavy atom. The molecule has 0 aliphatic carbocycles. The fraction of sp³-hybridized carbons (Fsp3) is 0.292. The Morgan fingerprint density at radius 3 is 2.64 bits per heavy atom. The monoisotopic (exact) mass is 484 g/mol.